The third kappa shape index (κ3) is 2.90. The maximum absolute atomic E-state index is 4.82. The predicted octanol–water partition coefficient (Wildman–Crippen LogP) is 2.34. The second-order valence-corrected chi connectivity index (χ2v) is 6.99. The van der Waals surface area contributed by atoms with E-state index >= 15 is 0 Å². The van der Waals surface area contributed by atoms with Crippen LogP contribution < -0.4 is 10.2 Å². The second-order valence-electron chi connectivity index (χ2n) is 6.99. The maximum Gasteiger partial charge on any atom is 0.178 e. The van der Waals surface area contributed by atoms with Crippen molar-refractivity contribution in [2.45, 2.75) is 25.2 Å². The smallest absolute Gasteiger partial charge is 0.178 e. The van der Waals surface area contributed by atoms with E-state index in [1.807, 2.05) is 35.0 Å². The summed E-state index contributed by atoms with van der Waals surface area (Å²) in [5, 5.41) is 16.8. The Labute approximate surface area is 146 Å². The third-order valence-corrected chi connectivity index (χ3v) is 5.06. The van der Waals surface area contributed by atoms with E-state index < -0.39 is 0 Å². The van der Waals surface area contributed by atoms with Crippen molar-refractivity contribution in [2.24, 2.45) is 5.92 Å². The molecule has 1 saturated carbocycles. The standard InChI is InChI=1S/C18H21N7/c1-2-9-19-15(3-1)20-11-13-8-10-24(12-13)17-7-6-16-21-22-18(14-4-5-14)25(16)23-17/h1-3,6-7,9,13-14H,4-5,8,10-12H2,(H,19,20). The van der Waals surface area contributed by atoms with Crippen LogP contribution >= 0.6 is 0 Å². The molecule has 25 heavy (non-hydrogen) atoms. The molecule has 2 aliphatic rings. The molecule has 7 heteroatoms. The van der Waals surface area contributed by atoms with Crippen LogP contribution in [-0.2, 0) is 0 Å². The topological polar surface area (TPSA) is 71.2 Å². The molecule has 1 saturated heterocycles. The summed E-state index contributed by atoms with van der Waals surface area (Å²) in [5.41, 5.74) is 0.846. The molecule has 1 aliphatic carbocycles. The number of nitrogens with one attached hydrogen (secondary N) is 1. The number of pyridine rings is 1. The second kappa shape index (κ2) is 5.98. The number of fused-ring (bicyclic) bond motifs is 1. The zero-order chi connectivity index (χ0) is 16.6. The summed E-state index contributed by atoms with van der Waals surface area (Å²) < 4.78 is 1.94. The molecule has 0 amide bonds. The minimum absolute atomic E-state index is 0.548. The molecule has 5 rings (SSSR count). The Kier molecular flexibility index (Phi) is 3.50. The summed E-state index contributed by atoms with van der Waals surface area (Å²) in [5.74, 6) is 4.13. The fraction of sp³-hybridized carbons (Fsp3) is 0.444. The lowest BCUT2D eigenvalue weighted by atomic mass is 10.1. The van der Waals surface area contributed by atoms with Gasteiger partial charge in [-0.3, -0.25) is 0 Å². The van der Waals surface area contributed by atoms with E-state index in [9.17, 15) is 0 Å². The summed E-state index contributed by atoms with van der Waals surface area (Å²) in [6, 6.07) is 10.0. The SMILES string of the molecule is c1ccc(NCC2CCN(c3ccc4nnc(C5CC5)n4n3)C2)nc1. The van der Waals surface area contributed by atoms with Gasteiger partial charge in [0.25, 0.3) is 0 Å². The molecule has 0 bridgehead atoms. The minimum atomic E-state index is 0.548. The van der Waals surface area contributed by atoms with Crippen molar-refractivity contribution in [3.8, 4) is 0 Å². The van der Waals surface area contributed by atoms with Gasteiger partial charge in [-0.1, -0.05) is 6.07 Å². The molecular formula is C18H21N7. The lowest BCUT2D eigenvalue weighted by Crippen LogP contribution is -2.24. The van der Waals surface area contributed by atoms with Crippen LogP contribution in [0.25, 0.3) is 5.65 Å². The van der Waals surface area contributed by atoms with Gasteiger partial charge in [-0.05, 0) is 49.4 Å². The van der Waals surface area contributed by atoms with Gasteiger partial charge in [0.15, 0.2) is 11.5 Å². The highest BCUT2D eigenvalue weighted by Gasteiger charge is 2.30. The van der Waals surface area contributed by atoms with E-state index in [1.165, 1.54) is 12.8 Å². The number of hydrogen-bond acceptors (Lipinski definition) is 6. The molecule has 4 heterocycles. The zero-order valence-electron chi connectivity index (χ0n) is 14.0. The van der Waals surface area contributed by atoms with Crippen molar-refractivity contribution in [1.82, 2.24) is 24.8 Å². The Morgan fingerprint density at radius 1 is 1.08 bits per heavy atom. The average molecular weight is 335 g/mol. The van der Waals surface area contributed by atoms with E-state index in [0.717, 1.165) is 49.2 Å². The molecule has 1 unspecified atom stereocenters. The molecule has 2 fully saturated rings. The Morgan fingerprint density at radius 2 is 2.04 bits per heavy atom. The van der Waals surface area contributed by atoms with Crippen molar-refractivity contribution >= 4 is 17.3 Å². The first kappa shape index (κ1) is 14.6. The fourth-order valence-electron chi connectivity index (χ4n) is 3.48. The van der Waals surface area contributed by atoms with Crippen LogP contribution in [0.4, 0.5) is 11.6 Å². The minimum Gasteiger partial charge on any atom is -0.370 e. The van der Waals surface area contributed by atoms with Crippen LogP contribution in [-0.4, -0.2) is 44.4 Å². The van der Waals surface area contributed by atoms with E-state index in [0.29, 0.717) is 11.8 Å². The fourth-order valence-corrected chi connectivity index (χ4v) is 3.48. The molecule has 1 aliphatic heterocycles. The van der Waals surface area contributed by atoms with Gasteiger partial charge in [0.1, 0.15) is 11.6 Å². The lowest BCUT2D eigenvalue weighted by Gasteiger charge is -2.18. The zero-order valence-corrected chi connectivity index (χ0v) is 14.0. The van der Waals surface area contributed by atoms with Crippen molar-refractivity contribution in [3.63, 3.8) is 0 Å². The molecule has 7 nitrogen and oxygen atoms in total. The Hall–Kier alpha value is -2.70. The Balaban J connectivity index is 1.28. The summed E-state index contributed by atoms with van der Waals surface area (Å²) >= 11 is 0. The van der Waals surface area contributed by atoms with Crippen molar-refractivity contribution in [1.29, 1.82) is 0 Å². The molecule has 3 aromatic heterocycles. The van der Waals surface area contributed by atoms with Crippen LogP contribution in [0.2, 0.25) is 0 Å². The highest BCUT2D eigenvalue weighted by Crippen LogP contribution is 2.38. The highest BCUT2D eigenvalue weighted by molar-refractivity contribution is 5.47. The summed E-state index contributed by atoms with van der Waals surface area (Å²) in [6.07, 6.45) is 5.39. The molecule has 3 aromatic rings. The normalized spacial score (nSPS) is 20.3. The summed E-state index contributed by atoms with van der Waals surface area (Å²) in [7, 11) is 0. The molecule has 0 spiro atoms. The maximum atomic E-state index is 4.82. The van der Waals surface area contributed by atoms with E-state index in [1.54, 1.807) is 0 Å². The number of nitrogens with zero attached hydrogens (tertiary/aromatic N) is 6. The summed E-state index contributed by atoms with van der Waals surface area (Å²) in [6.45, 7) is 2.99. The first-order valence-corrected chi connectivity index (χ1v) is 8.99. The lowest BCUT2D eigenvalue weighted by molar-refractivity contribution is 0.620. The van der Waals surface area contributed by atoms with Gasteiger partial charge in [0.05, 0.1) is 0 Å². The number of hydrogen-bond donors (Lipinski definition) is 1. The monoisotopic (exact) mass is 335 g/mol. The van der Waals surface area contributed by atoms with Gasteiger partial charge >= 0.3 is 0 Å². The summed E-state index contributed by atoms with van der Waals surface area (Å²) in [4.78, 5) is 6.68. The first-order valence-electron chi connectivity index (χ1n) is 8.99. The van der Waals surface area contributed by atoms with Gasteiger partial charge in [-0.2, -0.15) is 4.52 Å². The first-order chi connectivity index (χ1) is 12.4. The average Bonchev–Trinajstić information content (AvgIpc) is 3.24. The van der Waals surface area contributed by atoms with Crippen LogP contribution in [0.5, 0.6) is 0 Å². The van der Waals surface area contributed by atoms with Gasteiger partial charge in [0, 0.05) is 31.7 Å². The quantitative estimate of drug-likeness (QED) is 0.772. The van der Waals surface area contributed by atoms with Crippen LogP contribution in [0, 0.1) is 5.92 Å². The predicted molar refractivity (Wildman–Crippen MR) is 95.8 cm³/mol. The van der Waals surface area contributed by atoms with Crippen LogP contribution in [0.15, 0.2) is 36.5 Å². The molecule has 128 valence electrons. The Morgan fingerprint density at radius 3 is 2.88 bits per heavy atom. The number of anilines is 2. The molecule has 0 aromatic carbocycles. The number of aromatic nitrogens is 5. The van der Waals surface area contributed by atoms with Crippen molar-refractivity contribution < 1.29 is 0 Å². The van der Waals surface area contributed by atoms with Crippen molar-refractivity contribution in [3.05, 3.63) is 42.4 Å². The third-order valence-electron chi connectivity index (χ3n) is 5.06. The van der Waals surface area contributed by atoms with Crippen LogP contribution in [0.3, 0.4) is 0 Å². The van der Waals surface area contributed by atoms with E-state index in [4.69, 9.17) is 5.10 Å². The molecule has 1 N–H and O–H groups in total. The van der Waals surface area contributed by atoms with Crippen molar-refractivity contribution in [2.75, 3.05) is 29.9 Å². The number of rotatable bonds is 5. The van der Waals surface area contributed by atoms with Gasteiger partial charge < -0.3 is 10.2 Å². The van der Waals surface area contributed by atoms with Gasteiger partial charge in [-0.15, -0.1) is 15.3 Å². The highest BCUT2D eigenvalue weighted by atomic mass is 15.4. The molecule has 1 atom stereocenters. The molecule has 0 radical (unpaired) electrons. The van der Waals surface area contributed by atoms with Gasteiger partial charge in [0.2, 0.25) is 0 Å². The Bertz CT molecular complexity index is 872. The van der Waals surface area contributed by atoms with Crippen LogP contribution in [0.1, 0.15) is 31.0 Å². The van der Waals surface area contributed by atoms with Gasteiger partial charge in [-0.25, -0.2) is 4.98 Å². The largest absolute Gasteiger partial charge is 0.370 e. The molecular weight excluding hydrogens is 314 g/mol. The van der Waals surface area contributed by atoms with E-state index in [-0.39, 0.29) is 0 Å². The van der Waals surface area contributed by atoms with E-state index in [2.05, 4.69) is 31.5 Å².